The van der Waals surface area contributed by atoms with E-state index >= 15 is 0 Å². The summed E-state index contributed by atoms with van der Waals surface area (Å²) in [4.78, 5) is 41.8. The normalized spacial score (nSPS) is 11.0. The third-order valence-electron chi connectivity index (χ3n) is 4.45. The lowest BCUT2D eigenvalue weighted by Gasteiger charge is -2.16. The van der Waals surface area contributed by atoms with Crippen LogP contribution in [0.2, 0.25) is 10.0 Å². The average Bonchev–Trinajstić information content (AvgIpc) is 3.08. The Balaban J connectivity index is 2.32. The molecule has 6 nitrogen and oxygen atoms in total. The Morgan fingerprint density at radius 1 is 0.967 bits per heavy atom. The van der Waals surface area contributed by atoms with Crippen LogP contribution in [0.3, 0.4) is 0 Å². The van der Waals surface area contributed by atoms with Gasteiger partial charge in [0.15, 0.2) is 5.92 Å². The number of carbonyl (C=O) groups excluding carboxylic acids is 3. The van der Waals surface area contributed by atoms with Gasteiger partial charge in [-0.25, -0.2) is 0 Å². The first-order chi connectivity index (χ1) is 14.4. The van der Waals surface area contributed by atoms with Crippen LogP contribution >= 0.6 is 23.2 Å². The first-order valence-corrected chi connectivity index (χ1v) is 10.1. The Labute approximate surface area is 183 Å². The number of hydrogen-bond acceptors (Lipinski definition) is 5. The molecule has 30 heavy (non-hydrogen) atoms. The van der Waals surface area contributed by atoms with E-state index < -0.39 is 23.6 Å². The summed E-state index contributed by atoms with van der Waals surface area (Å²) in [6, 6.07) is 11.5. The number of aromatic amines is 1. The second kappa shape index (κ2) is 9.32. The van der Waals surface area contributed by atoms with Crippen molar-refractivity contribution in [1.82, 2.24) is 4.98 Å². The summed E-state index contributed by atoms with van der Waals surface area (Å²) in [5.41, 5.74) is 0.947. The van der Waals surface area contributed by atoms with Gasteiger partial charge in [-0.2, -0.15) is 0 Å². The third kappa shape index (κ3) is 4.20. The number of fused-ring (bicyclic) bond motifs is 1. The zero-order chi connectivity index (χ0) is 21.8. The number of H-pyrrole nitrogens is 1. The SMILES string of the molecule is CCOC(=O)C(C(=O)OCC)c1c(C(=O)c2ccccc2)[nH]c2cc(Cl)cc(Cl)c12. The van der Waals surface area contributed by atoms with Crippen molar-refractivity contribution in [3.63, 3.8) is 0 Å². The molecule has 3 rings (SSSR count). The van der Waals surface area contributed by atoms with Crippen molar-refractivity contribution in [2.75, 3.05) is 13.2 Å². The second-order valence-electron chi connectivity index (χ2n) is 6.36. The number of aromatic nitrogens is 1. The van der Waals surface area contributed by atoms with E-state index in [4.69, 9.17) is 32.7 Å². The van der Waals surface area contributed by atoms with Gasteiger partial charge in [0.05, 0.1) is 23.9 Å². The summed E-state index contributed by atoms with van der Waals surface area (Å²) in [6.45, 7) is 3.35. The van der Waals surface area contributed by atoms with Gasteiger partial charge in [0.2, 0.25) is 5.78 Å². The lowest BCUT2D eigenvalue weighted by Crippen LogP contribution is -2.27. The fourth-order valence-corrected chi connectivity index (χ4v) is 3.85. The Morgan fingerprint density at radius 3 is 2.13 bits per heavy atom. The molecular formula is C22H19Cl2NO5. The lowest BCUT2D eigenvalue weighted by molar-refractivity contribution is -0.156. The predicted molar refractivity (Wildman–Crippen MR) is 114 cm³/mol. The van der Waals surface area contributed by atoms with Gasteiger partial charge < -0.3 is 14.5 Å². The van der Waals surface area contributed by atoms with Crippen molar-refractivity contribution < 1.29 is 23.9 Å². The summed E-state index contributed by atoms with van der Waals surface area (Å²) >= 11 is 12.5. The number of benzene rings is 2. The van der Waals surface area contributed by atoms with Gasteiger partial charge in [-0.15, -0.1) is 0 Å². The zero-order valence-electron chi connectivity index (χ0n) is 16.3. The molecule has 156 valence electrons. The maximum absolute atomic E-state index is 13.3. The van der Waals surface area contributed by atoms with Gasteiger partial charge in [-0.1, -0.05) is 53.5 Å². The molecule has 1 aromatic heterocycles. The fourth-order valence-electron chi connectivity index (χ4n) is 3.26. The molecule has 0 unspecified atom stereocenters. The molecule has 0 saturated carbocycles. The van der Waals surface area contributed by atoms with Gasteiger partial charge in [0, 0.05) is 27.1 Å². The Morgan fingerprint density at radius 2 is 1.57 bits per heavy atom. The summed E-state index contributed by atoms with van der Waals surface area (Å²) in [7, 11) is 0. The largest absolute Gasteiger partial charge is 0.465 e. The number of halogens is 2. The van der Waals surface area contributed by atoms with Crippen molar-refractivity contribution in [1.29, 1.82) is 0 Å². The molecule has 0 fully saturated rings. The molecule has 0 bridgehead atoms. The van der Waals surface area contributed by atoms with Crippen LogP contribution in [0.4, 0.5) is 0 Å². The number of nitrogens with one attached hydrogen (secondary N) is 1. The molecule has 0 aliphatic rings. The minimum Gasteiger partial charge on any atom is -0.465 e. The van der Waals surface area contributed by atoms with Crippen LogP contribution < -0.4 is 0 Å². The number of carbonyl (C=O) groups is 3. The maximum atomic E-state index is 13.3. The van der Waals surface area contributed by atoms with Gasteiger partial charge in [-0.05, 0) is 26.0 Å². The molecule has 0 spiro atoms. The molecule has 0 atom stereocenters. The van der Waals surface area contributed by atoms with Gasteiger partial charge in [0.25, 0.3) is 0 Å². The number of esters is 2. The van der Waals surface area contributed by atoms with Crippen molar-refractivity contribution in [3.05, 3.63) is 69.3 Å². The Bertz CT molecular complexity index is 1090. The van der Waals surface area contributed by atoms with E-state index in [1.54, 1.807) is 50.2 Å². The number of hydrogen-bond donors (Lipinski definition) is 1. The minimum absolute atomic E-state index is 0.0477. The minimum atomic E-state index is -1.49. The standard InChI is InChI=1S/C22H19Cl2NO5/c1-3-29-21(27)18(22(28)30-4-2)17-16-14(24)10-13(23)11-15(16)25-19(17)20(26)12-8-6-5-7-9-12/h5-11,18,25H,3-4H2,1-2H3. The highest BCUT2D eigenvalue weighted by Gasteiger charge is 2.38. The summed E-state index contributed by atoms with van der Waals surface area (Å²) in [6.07, 6.45) is 0. The lowest BCUT2D eigenvalue weighted by atomic mass is 9.92. The molecule has 0 saturated heterocycles. The molecule has 3 aromatic rings. The van der Waals surface area contributed by atoms with E-state index in [1.807, 2.05) is 0 Å². The molecule has 8 heteroatoms. The van der Waals surface area contributed by atoms with Gasteiger partial charge in [-0.3, -0.25) is 14.4 Å². The molecule has 0 amide bonds. The van der Waals surface area contributed by atoms with E-state index in [0.717, 1.165) is 0 Å². The summed E-state index contributed by atoms with van der Waals surface area (Å²) < 4.78 is 10.2. The van der Waals surface area contributed by atoms with Gasteiger partial charge >= 0.3 is 11.9 Å². The van der Waals surface area contributed by atoms with Crippen LogP contribution in [0, 0.1) is 0 Å². The van der Waals surface area contributed by atoms with Gasteiger partial charge in [0.1, 0.15) is 0 Å². The van der Waals surface area contributed by atoms with Crippen molar-refractivity contribution >= 4 is 51.8 Å². The molecule has 0 aliphatic heterocycles. The first kappa shape index (κ1) is 21.9. The smallest absolute Gasteiger partial charge is 0.324 e. The monoisotopic (exact) mass is 447 g/mol. The topological polar surface area (TPSA) is 85.5 Å². The highest BCUT2D eigenvalue weighted by molar-refractivity contribution is 6.39. The number of ketones is 1. The Hall–Kier alpha value is -2.83. The van der Waals surface area contributed by atoms with E-state index in [1.165, 1.54) is 6.07 Å². The van der Waals surface area contributed by atoms with Crippen LogP contribution in [0.25, 0.3) is 10.9 Å². The molecule has 0 aliphatic carbocycles. The molecule has 0 radical (unpaired) electrons. The van der Waals surface area contributed by atoms with Crippen LogP contribution in [0.5, 0.6) is 0 Å². The van der Waals surface area contributed by atoms with E-state index in [9.17, 15) is 14.4 Å². The quantitative estimate of drug-likeness (QED) is 0.315. The Kier molecular flexibility index (Phi) is 6.80. The summed E-state index contributed by atoms with van der Waals surface area (Å²) in [5, 5.41) is 0.865. The van der Waals surface area contributed by atoms with Crippen molar-refractivity contribution in [2.24, 2.45) is 0 Å². The fraction of sp³-hybridized carbons (Fsp3) is 0.227. The first-order valence-electron chi connectivity index (χ1n) is 9.32. The molecule has 1 N–H and O–H groups in total. The highest BCUT2D eigenvalue weighted by atomic mass is 35.5. The van der Waals surface area contributed by atoms with Crippen LogP contribution in [-0.4, -0.2) is 35.9 Å². The van der Waals surface area contributed by atoms with E-state index in [-0.39, 0.29) is 29.5 Å². The van der Waals surface area contributed by atoms with Crippen molar-refractivity contribution in [2.45, 2.75) is 19.8 Å². The maximum Gasteiger partial charge on any atom is 0.324 e. The molecular weight excluding hydrogens is 429 g/mol. The average molecular weight is 448 g/mol. The third-order valence-corrected chi connectivity index (χ3v) is 4.97. The molecule has 2 aromatic carbocycles. The van der Waals surface area contributed by atoms with Crippen LogP contribution in [0.1, 0.15) is 41.4 Å². The van der Waals surface area contributed by atoms with Crippen molar-refractivity contribution in [3.8, 4) is 0 Å². The molecule has 1 heterocycles. The van der Waals surface area contributed by atoms with E-state index in [2.05, 4.69) is 4.98 Å². The number of rotatable bonds is 7. The van der Waals surface area contributed by atoms with Crippen LogP contribution in [0.15, 0.2) is 42.5 Å². The van der Waals surface area contributed by atoms with E-state index in [0.29, 0.717) is 21.5 Å². The highest BCUT2D eigenvalue weighted by Crippen LogP contribution is 2.38. The number of ether oxygens (including phenoxy) is 2. The second-order valence-corrected chi connectivity index (χ2v) is 7.20. The summed E-state index contributed by atoms with van der Waals surface area (Å²) in [5.74, 6) is -3.55. The predicted octanol–water partition coefficient (Wildman–Crippen LogP) is 4.92. The van der Waals surface area contributed by atoms with Crippen LogP contribution in [-0.2, 0) is 19.1 Å². The zero-order valence-corrected chi connectivity index (χ0v) is 17.8.